The lowest BCUT2D eigenvalue weighted by Gasteiger charge is -2.16. The maximum atomic E-state index is 12.3. The number of nitrogens with zero attached hydrogens (tertiary/aromatic N) is 1. The lowest BCUT2D eigenvalue weighted by Crippen LogP contribution is -2.33. The van der Waals surface area contributed by atoms with E-state index in [2.05, 4.69) is 17.2 Å². The van der Waals surface area contributed by atoms with Gasteiger partial charge < -0.3 is 15.0 Å². The van der Waals surface area contributed by atoms with Gasteiger partial charge in [0.25, 0.3) is 0 Å². The van der Waals surface area contributed by atoms with Gasteiger partial charge in [-0.25, -0.2) is 0 Å². The Bertz CT molecular complexity index is 835. The molecule has 3 rings (SSSR count). The number of nitrogens with one attached hydrogen (secondary N) is 1. The maximum absolute atomic E-state index is 12.3. The van der Waals surface area contributed by atoms with Gasteiger partial charge in [-0.15, -0.1) is 0 Å². The van der Waals surface area contributed by atoms with E-state index in [4.69, 9.17) is 4.74 Å². The number of rotatable bonds is 4. The lowest BCUT2D eigenvalue weighted by atomic mass is 10.1. The molecule has 1 N–H and O–H groups in total. The van der Waals surface area contributed by atoms with Crippen LogP contribution in [0.1, 0.15) is 12.0 Å². The number of hydrogen-bond acceptors (Lipinski definition) is 3. The summed E-state index contributed by atoms with van der Waals surface area (Å²) in [5.41, 5.74) is 1.68. The number of methoxy groups -OCH3 is 1. The molecule has 0 aromatic heterocycles. The minimum atomic E-state index is -0.342. The Kier molecular flexibility index (Phi) is 5.55. The van der Waals surface area contributed by atoms with Crippen molar-refractivity contribution in [3.8, 4) is 17.6 Å². The lowest BCUT2D eigenvalue weighted by molar-refractivity contribution is -0.126. The molecule has 1 fully saturated rings. The van der Waals surface area contributed by atoms with Crippen LogP contribution in [0, 0.1) is 17.8 Å². The zero-order chi connectivity index (χ0) is 18.4. The number of carbonyl (C=O) groups is 2. The van der Waals surface area contributed by atoms with Gasteiger partial charge in [0.2, 0.25) is 11.8 Å². The summed E-state index contributed by atoms with van der Waals surface area (Å²) in [4.78, 5) is 26.1. The Hall–Kier alpha value is -3.26. The van der Waals surface area contributed by atoms with E-state index in [1.54, 1.807) is 12.0 Å². The van der Waals surface area contributed by atoms with Crippen LogP contribution in [0.2, 0.25) is 0 Å². The minimum absolute atomic E-state index is 0.0272. The molecule has 0 saturated carbocycles. The summed E-state index contributed by atoms with van der Waals surface area (Å²) in [5, 5.41) is 2.79. The Morgan fingerprint density at radius 3 is 2.62 bits per heavy atom. The third-order valence-electron chi connectivity index (χ3n) is 4.24. The van der Waals surface area contributed by atoms with Crippen LogP contribution in [0.15, 0.2) is 54.6 Å². The highest BCUT2D eigenvalue weighted by Gasteiger charge is 2.34. The second-order valence-electron chi connectivity index (χ2n) is 5.99. The van der Waals surface area contributed by atoms with E-state index in [-0.39, 0.29) is 30.7 Å². The molecule has 1 heterocycles. The van der Waals surface area contributed by atoms with Crippen LogP contribution in [0.3, 0.4) is 0 Å². The van der Waals surface area contributed by atoms with Gasteiger partial charge in [0.05, 0.1) is 19.6 Å². The first kappa shape index (κ1) is 17.6. The summed E-state index contributed by atoms with van der Waals surface area (Å²) < 4.78 is 5.10. The Morgan fingerprint density at radius 2 is 1.92 bits per heavy atom. The van der Waals surface area contributed by atoms with Crippen LogP contribution in [-0.4, -0.2) is 32.0 Å². The van der Waals surface area contributed by atoms with Gasteiger partial charge in [-0.2, -0.15) is 0 Å². The molecule has 0 spiro atoms. The van der Waals surface area contributed by atoms with E-state index >= 15 is 0 Å². The molecular weight excluding hydrogens is 328 g/mol. The first-order valence-electron chi connectivity index (χ1n) is 8.43. The molecule has 0 radical (unpaired) electrons. The molecule has 0 bridgehead atoms. The average Bonchev–Trinajstić information content (AvgIpc) is 3.08. The molecule has 2 aromatic rings. The van der Waals surface area contributed by atoms with Crippen molar-refractivity contribution in [3.05, 3.63) is 60.2 Å². The van der Waals surface area contributed by atoms with Crippen molar-refractivity contribution < 1.29 is 14.3 Å². The molecule has 26 heavy (non-hydrogen) atoms. The van der Waals surface area contributed by atoms with Gasteiger partial charge in [-0.05, 0) is 36.4 Å². The van der Waals surface area contributed by atoms with Gasteiger partial charge in [0.15, 0.2) is 0 Å². The van der Waals surface area contributed by atoms with Crippen LogP contribution in [-0.2, 0) is 9.59 Å². The number of benzene rings is 2. The first-order chi connectivity index (χ1) is 12.7. The van der Waals surface area contributed by atoms with Crippen LogP contribution >= 0.6 is 0 Å². The number of para-hydroxylation sites is 1. The quantitative estimate of drug-likeness (QED) is 0.862. The van der Waals surface area contributed by atoms with Crippen LogP contribution in [0.25, 0.3) is 0 Å². The van der Waals surface area contributed by atoms with Crippen LogP contribution in [0.5, 0.6) is 5.75 Å². The van der Waals surface area contributed by atoms with Crippen molar-refractivity contribution in [1.29, 1.82) is 0 Å². The normalized spacial score (nSPS) is 16.0. The molecule has 132 valence electrons. The van der Waals surface area contributed by atoms with Crippen molar-refractivity contribution >= 4 is 17.5 Å². The molecule has 2 amide bonds. The van der Waals surface area contributed by atoms with Gasteiger partial charge >= 0.3 is 0 Å². The van der Waals surface area contributed by atoms with Crippen LogP contribution < -0.4 is 15.0 Å². The topological polar surface area (TPSA) is 58.6 Å². The molecule has 2 aromatic carbocycles. The average molecular weight is 348 g/mol. The van der Waals surface area contributed by atoms with E-state index in [9.17, 15) is 9.59 Å². The second kappa shape index (κ2) is 8.21. The SMILES string of the molecule is COc1ccc(C#CCNC(=O)C2CC(=O)N(c3ccccc3)C2)cc1. The number of anilines is 1. The monoisotopic (exact) mass is 348 g/mol. The predicted octanol–water partition coefficient (Wildman–Crippen LogP) is 2.22. The Morgan fingerprint density at radius 1 is 1.19 bits per heavy atom. The molecular formula is C21H20N2O3. The maximum Gasteiger partial charge on any atom is 0.227 e. The molecule has 1 saturated heterocycles. The molecule has 0 aliphatic carbocycles. The van der Waals surface area contributed by atoms with Crippen molar-refractivity contribution in [2.75, 3.05) is 25.1 Å². The number of amides is 2. The summed E-state index contributed by atoms with van der Waals surface area (Å²) in [6, 6.07) is 16.8. The molecule has 1 aliphatic heterocycles. The highest BCUT2D eigenvalue weighted by atomic mass is 16.5. The molecule has 5 heteroatoms. The first-order valence-corrected chi connectivity index (χ1v) is 8.43. The molecule has 1 aliphatic rings. The van der Waals surface area contributed by atoms with Crippen molar-refractivity contribution in [1.82, 2.24) is 5.32 Å². The van der Waals surface area contributed by atoms with Gasteiger partial charge in [0.1, 0.15) is 5.75 Å². The van der Waals surface area contributed by atoms with Crippen molar-refractivity contribution in [2.45, 2.75) is 6.42 Å². The van der Waals surface area contributed by atoms with Crippen molar-refractivity contribution in [3.63, 3.8) is 0 Å². The van der Waals surface area contributed by atoms with Crippen LogP contribution in [0.4, 0.5) is 5.69 Å². The van der Waals surface area contributed by atoms with Gasteiger partial charge in [0, 0.05) is 24.2 Å². The van der Waals surface area contributed by atoms with Gasteiger partial charge in [-0.1, -0.05) is 30.0 Å². The Balaban J connectivity index is 1.51. The van der Waals surface area contributed by atoms with E-state index in [1.165, 1.54) is 0 Å². The Labute approximate surface area is 153 Å². The predicted molar refractivity (Wildman–Crippen MR) is 99.8 cm³/mol. The standard InChI is InChI=1S/C21H20N2O3/c1-26-19-11-9-16(10-12-19)6-5-13-22-21(25)17-14-20(24)23(15-17)18-7-3-2-4-8-18/h2-4,7-12,17H,13-15H2,1H3,(H,22,25). The molecule has 1 atom stereocenters. The minimum Gasteiger partial charge on any atom is -0.497 e. The fourth-order valence-electron chi connectivity index (χ4n) is 2.84. The third kappa shape index (κ3) is 4.22. The fraction of sp³-hybridized carbons (Fsp3) is 0.238. The van der Waals surface area contributed by atoms with Crippen molar-refractivity contribution in [2.24, 2.45) is 5.92 Å². The summed E-state index contributed by atoms with van der Waals surface area (Å²) in [7, 11) is 1.61. The largest absolute Gasteiger partial charge is 0.497 e. The van der Waals surface area contributed by atoms with E-state index in [0.29, 0.717) is 6.54 Å². The van der Waals surface area contributed by atoms with E-state index in [0.717, 1.165) is 17.0 Å². The summed E-state index contributed by atoms with van der Waals surface area (Å²) in [6.07, 6.45) is 0.229. The number of hydrogen-bond donors (Lipinski definition) is 1. The summed E-state index contributed by atoms with van der Waals surface area (Å²) >= 11 is 0. The second-order valence-corrected chi connectivity index (χ2v) is 5.99. The number of ether oxygens (including phenoxy) is 1. The zero-order valence-electron chi connectivity index (χ0n) is 14.6. The zero-order valence-corrected chi connectivity index (χ0v) is 14.6. The van der Waals surface area contributed by atoms with E-state index in [1.807, 2.05) is 54.6 Å². The summed E-state index contributed by atoms with van der Waals surface area (Å²) in [5.74, 6) is 6.18. The third-order valence-corrected chi connectivity index (χ3v) is 4.24. The fourth-order valence-corrected chi connectivity index (χ4v) is 2.84. The summed E-state index contributed by atoms with van der Waals surface area (Å²) in [6.45, 7) is 0.654. The smallest absolute Gasteiger partial charge is 0.227 e. The molecule has 1 unspecified atom stereocenters. The highest BCUT2D eigenvalue weighted by Crippen LogP contribution is 2.24. The number of carbonyl (C=O) groups excluding carboxylic acids is 2. The molecule has 5 nitrogen and oxygen atoms in total. The van der Waals surface area contributed by atoms with Gasteiger partial charge in [-0.3, -0.25) is 9.59 Å². The van der Waals surface area contributed by atoms with E-state index < -0.39 is 0 Å². The highest BCUT2D eigenvalue weighted by molar-refractivity contribution is 6.00.